The Morgan fingerprint density at radius 3 is 2.05 bits per heavy atom. The molecule has 0 atom stereocenters. The molecule has 0 aliphatic carbocycles. The number of carbonyl (C=O) groups excluding carboxylic acids is 2. The van der Waals surface area contributed by atoms with E-state index in [1.165, 1.54) is 76.0 Å². The molecular formula is C33H51N2O4+. The van der Waals surface area contributed by atoms with Gasteiger partial charge in [0, 0.05) is 37.6 Å². The lowest BCUT2D eigenvalue weighted by molar-refractivity contribution is -0.679. The average Bonchev–Trinajstić information content (AvgIpc) is 2.94. The maximum Gasteiger partial charge on any atom is 0.260 e. The highest BCUT2D eigenvalue weighted by Gasteiger charge is 2.21. The number of pyridine rings is 1. The van der Waals surface area contributed by atoms with Crippen LogP contribution in [0.25, 0.3) is 0 Å². The van der Waals surface area contributed by atoms with Crippen LogP contribution in [0.1, 0.15) is 113 Å². The van der Waals surface area contributed by atoms with Crippen molar-refractivity contribution in [1.82, 2.24) is 4.90 Å². The smallest absolute Gasteiger partial charge is 0.260 e. The fraction of sp³-hybridized carbons (Fsp3) is 0.606. The van der Waals surface area contributed by atoms with E-state index in [9.17, 15) is 9.59 Å². The monoisotopic (exact) mass is 539 g/mol. The molecule has 1 aromatic heterocycles. The topological polar surface area (TPSA) is 59.7 Å². The van der Waals surface area contributed by atoms with Gasteiger partial charge < -0.3 is 9.47 Å². The predicted molar refractivity (Wildman–Crippen MR) is 157 cm³/mol. The van der Waals surface area contributed by atoms with Gasteiger partial charge >= 0.3 is 0 Å². The number of imide groups is 1. The second-order valence-corrected chi connectivity index (χ2v) is 10.5. The normalized spacial score (nSPS) is 10.9. The van der Waals surface area contributed by atoms with E-state index < -0.39 is 0 Å². The SMILES string of the molecule is CCCCCCCCCCCCCCOc1cc(C(=O)N(CCCc2cccc[n+]2C)C(C)=O)ccc1OC. The van der Waals surface area contributed by atoms with E-state index in [4.69, 9.17) is 9.47 Å². The number of rotatable bonds is 20. The van der Waals surface area contributed by atoms with Gasteiger partial charge in [-0.3, -0.25) is 14.5 Å². The summed E-state index contributed by atoms with van der Waals surface area (Å²) in [5, 5.41) is 0. The van der Waals surface area contributed by atoms with Crippen molar-refractivity contribution < 1.29 is 23.6 Å². The van der Waals surface area contributed by atoms with Crippen molar-refractivity contribution >= 4 is 11.8 Å². The Kier molecular flexibility index (Phi) is 15.9. The number of nitrogens with zero attached hydrogens (tertiary/aromatic N) is 2. The molecule has 0 fully saturated rings. The Balaban J connectivity index is 1.77. The molecule has 2 amide bonds. The first-order valence-electron chi connectivity index (χ1n) is 15.0. The first-order chi connectivity index (χ1) is 19.0. The van der Waals surface area contributed by atoms with Crippen molar-refractivity contribution in [2.75, 3.05) is 20.3 Å². The number of aryl methyl sites for hydroxylation is 2. The minimum atomic E-state index is -0.308. The lowest BCUT2D eigenvalue weighted by atomic mass is 10.1. The molecule has 2 rings (SSSR count). The van der Waals surface area contributed by atoms with Crippen LogP contribution >= 0.6 is 0 Å². The molecule has 216 valence electrons. The third-order valence-corrected chi connectivity index (χ3v) is 7.27. The number of hydrogen-bond donors (Lipinski definition) is 0. The van der Waals surface area contributed by atoms with Crippen LogP contribution in [0.4, 0.5) is 0 Å². The van der Waals surface area contributed by atoms with Gasteiger partial charge in [-0.1, -0.05) is 83.6 Å². The number of hydrogen-bond acceptors (Lipinski definition) is 4. The largest absolute Gasteiger partial charge is 0.493 e. The van der Waals surface area contributed by atoms with E-state index in [1.54, 1.807) is 25.3 Å². The summed E-state index contributed by atoms with van der Waals surface area (Å²) in [7, 11) is 3.60. The first-order valence-corrected chi connectivity index (χ1v) is 15.0. The summed E-state index contributed by atoms with van der Waals surface area (Å²) >= 11 is 0. The molecule has 1 heterocycles. The minimum absolute atomic E-state index is 0.257. The summed E-state index contributed by atoms with van der Waals surface area (Å²) < 4.78 is 13.5. The molecule has 0 unspecified atom stereocenters. The Labute approximate surface area is 236 Å². The van der Waals surface area contributed by atoms with Gasteiger partial charge in [-0.25, -0.2) is 4.57 Å². The zero-order chi connectivity index (χ0) is 28.3. The average molecular weight is 540 g/mol. The molecule has 0 saturated carbocycles. The van der Waals surface area contributed by atoms with E-state index >= 15 is 0 Å². The van der Waals surface area contributed by atoms with E-state index in [0.29, 0.717) is 36.6 Å². The van der Waals surface area contributed by atoms with E-state index in [0.717, 1.165) is 25.0 Å². The van der Waals surface area contributed by atoms with Gasteiger partial charge in [-0.15, -0.1) is 0 Å². The van der Waals surface area contributed by atoms with Crippen LogP contribution in [0.5, 0.6) is 11.5 Å². The summed E-state index contributed by atoms with van der Waals surface area (Å²) in [6, 6.07) is 11.2. The molecule has 0 radical (unpaired) electrons. The fourth-order valence-corrected chi connectivity index (χ4v) is 4.84. The molecule has 0 N–H and O–H groups in total. The van der Waals surface area contributed by atoms with Gasteiger partial charge in [-0.05, 0) is 31.0 Å². The van der Waals surface area contributed by atoms with Gasteiger partial charge in [0.05, 0.1) is 13.7 Å². The highest BCUT2D eigenvalue weighted by molar-refractivity contribution is 6.04. The number of aromatic nitrogens is 1. The molecule has 1 aromatic carbocycles. The number of ether oxygens (including phenoxy) is 2. The molecule has 6 nitrogen and oxygen atoms in total. The molecule has 0 aliphatic rings. The number of carbonyl (C=O) groups is 2. The third kappa shape index (κ3) is 12.2. The Hall–Kier alpha value is -2.89. The van der Waals surface area contributed by atoms with Crippen LogP contribution in [0.2, 0.25) is 0 Å². The summed E-state index contributed by atoms with van der Waals surface area (Å²) in [5.41, 5.74) is 1.59. The van der Waals surface area contributed by atoms with Crippen LogP contribution in [0.3, 0.4) is 0 Å². The van der Waals surface area contributed by atoms with Crippen LogP contribution < -0.4 is 14.0 Å². The van der Waals surface area contributed by atoms with Gasteiger partial charge in [0.2, 0.25) is 5.91 Å². The third-order valence-electron chi connectivity index (χ3n) is 7.27. The highest BCUT2D eigenvalue weighted by atomic mass is 16.5. The van der Waals surface area contributed by atoms with E-state index in [1.807, 2.05) is 25.4 Å². The van der Waals surface area contributed by atoms with Crippen LogP contribution in [0.15, 0.2) is 42.6 Å². The summed E-state index contributed by atoms with van der Waals surface area (Å²) in [5.74, 6) is 0.577. The number of benzene rings is 1. The molecule has 0 spiro atoms. The molecule has 2 aromatic rings. The van der Waals surface area contributed by atoms with Crippen LogP contribution in [0, 0.1) is 0 Å². The Bertz CT molecular complexity index is 991. The fourth-order valence-electron chi connectivity index (χ4n) is 4.84. The second-order valence-electron chi connectivity index (χ2n) is 10.5. The van der Waals surface area contributed by atoms with Crippen molar-refractivity contribution in [2.24, 2.45) is 7.05 Å². The summed E-state index contributed by atoms with van der Waals surface area (Å²) in [6.45, 7) is 4.65. The molecule has 0 aliphatic heterocycles. The van der Waals surface area contributed by atoms with Crippen molar-refractivity contribution in [3.63, 3.8) is 0 Å². The van der Waals surface area contributed by atoms with Gasteiger partial charge in [0.25, 0.3) is 5.91 Å². The number of unbranched alkanes of at least 4 members (excludes halogenated alkanes) is 11. The lowest BCUT2D eigenvalue weighted by Gasteiger charge is -2.20. The first kappa shape index (κ1) is 32.3. The predicted octanol–water partition coefficient (Wildman–Crippen LogP) is 7.22. The number of methoxy groups -OCH3 is 1. The Morgan fingerprint density at radius 2 is 1.46 bits per heavy atom. The van der Waals surface area contributed by atoms with Crippen molar-refractivity contribution in [3.05, 3.63) is 53.9 Å². The quantitative estimate of drug-likeness (QED) is 0.132. The Morgan fingerprint density at radius 1 is 0.821 bits per heavy atom. The van der Waals surface area contributed by atoms with Gasteiger partial charge in [-0.2, -0.15) is 0 Å². The molecule has 0 bridgehead atoms. The molecule has 0 saturated heterocycles. The number of amides is 2. The van der Waals surface area contributed by atoms with Gasteiger partial charge in [0.15, 0.2) is 23.4 Å². The van der Waals surface area contributed by atoms with Crippen molar-refractivity contribution in [2.45, 2.75) is 104 Å². The highest BCUT2D eigenvalue weighted by Crippen LogP contribution is 2.29. The lowest BCUT2D eigenvalue weighted by Crippen LogP contribution is -2.37. The molecule has 39 heavy (non-hydrogen) atoms. The molecular weight excluding hydrogens is 488 g/mol. The summed E-state index contributed by atoms with van der Waals surface area (Å²) in [6.07, 6.45) is 19.0. The maximum absolute atomic E-state index is 13.2. The van der Waals surface area contributed by atoms with Crippen molar-refractivity contribution in [3.8, 4) is 11.5 Å². The zero-order valence-electron chi connectivity index (χ0n) is 24.9. The van der Waals surface area contributed by atoms with Crippen LogP contribution in [-0.4, -0.2) is 37.0 Å². The second kappa shape index (κ2) is 19.2. The zero-order valence-corrected chi connectivity index (χ0v) is 24.9. The van der Waals surface area contributed by atoms with Crippen molar-refractivity contribution in [1.29, 1.82) is 0 Å². The summed E-state index contributed by atoms with van der Waals surface area (Å²) in [4.78, 5) is 26.9. The maximum atomic E-state index is 13.2. The van der Waals surface area contributed by atoms with Crippen LogP contribution in [-0.2, 0) is 18.3 Å². The van der Waals surface area contributed by atoms with E-state index in [2.05, 4.69) is 17.6 Å². The van der Waals surface area contributed by atoms with Gasteiger partial charge in [0.1, 0.15) is 7.05 Å². The minimum Gasteiger partial charge on any atom is -0.493 e. The standard InChI is InChI=1S/C33H51N2O4/c1-5-6-7-8-9-10-11-12-13-14-15-18-26-39-32-27-29(22-23-31(32)38-4)33(37)35(28(2)36)25-19-21-30-20-16-17-24-34(30)3/h16-17,20,22-24,27H,5-15,18-19,21,25-26H2,1-4H3/q+1. The molecule has 6 heteroatoms. The van der Waals surface area contributed by atoms with E-state index in [-0.39, 0.29) is 11.8 Å².